The second-order valence-electron chi connectivity index (χ2n) is 8.44. The molecular weight excluding hydrogens is 484 g/mol. The Hall–Kier alpha value is -4.11. The van der Waals surface area contributed by atoms with E-state index < -0.39 is 10.8 Å². The minimum atomic E-state index is -0.519. The minimum absolute atomic E-state index is 0.128. The van der Waals surface area contributed by atoms with Crippen LogP contribution in [0.5, 0.6) is 5.75 Å². The van der Waals surface area contributed by atoms with Crippen molar-refractivity contribution in [1.82, 2.24) is 4.90 Å². The summed E-state index contributed by atoms with van der Waals surface area (Å²) >= 11 is 6.10. The van der Waals surface area contributed by atoms with Crippen LogP contribution in [0, 0.1) is 17.0 Å². The molecule has 0 bridgehead atoms. The van der Waals surface area contributed by atoms with Gasteiger partial charge in [-0.15, -0.1) is 0 Å². The first-order valence-electron chi connectivity index (χ1n) is 11.3. The first-order valence-corrected chi connectivity index (χ1v) is 11.7. The van der Waals surface area contributed by atoms with Gasteiger partial charge in [0.2, 0.25) is 0 Å². The number of halogens is 1. The maximum absolute atomic E-state index is 13.4. The second-order valence-corrected chi connectivity index (χ2v) is 8.87. The van der Waals surface area contributed by atoms with Crippen LogP contribution in [0.4, 0.5) is 21.9 Å². The number of hydrogen-bond donors (Lipinski definition) is 1. The van der Waals surface area contributed by atoms with Gasteiger partial charge in [-0.2, -0.15) is 0 Å². The molecule has 9 nitrogen and oxygen atoms in total. The Kier molecular flexibility index (Phi) is 7.40. The highest BCUT2D eigenvalue weighted by molar-refractivity contribution is 6.30. The van der Waals surface area contributed by atoms with Crippen molar-refractivity contribution in [1.29, 1.82) is 0 Å². The first-order chi connectivity index (χ1) is 17.3. The molecule has 3 amide bonds. The Bertz CT molecular complexity index is 1330. The van der Waals surface area contributed by atoms with E-state index in [1.165, 1.54) is 25.3 Å². The van der Waals surface area contributed by atoms with Crippen LogP contribution in [-0.4, -0.2) is 42.0 Å². The second kappa shape index (κ2) is 10.7. The summed E-state index contributed by atoms with van der Waals surface area (Å²) in [6.45, 7) is 3.12. The molecule has 1 N–H and O–H groups in total. The minimum Gasteiger partial charge on any atom is -0.495 e. The van der Waals surface area contributed by atoms with Gasteiger partial charge in [-0.25, -0.2) is 4.79 Å². The summed E-state index contributed by atoms with van der Waals surface area (Å²) in [6.07, 6.45) is 0.749. The van der Waals surface area contributed by atoms with Crippen LogP contribution in [0.3, 0.4) is 0 Å². The molecule has 0 saturated carbocycles. The molecule has 0 aromatic heterocycles. The number of methoxy groups -OCH3 is 1. The number of urea groups is 1. The third-order valence-electron chi connectivity index (χ3n) is 5.97. The Morgan fingerprint density at radius 3 is 2.67 bits per heavy atom. The quantitative estimate of drug-likeness (QED) is 0.328. The summed E-state index contributed by atoms with van der Waals surface area (Å²) in [5.74, 6) is -0.0151. The molecule has 1 aliphatic heterocycles. The smallest absolute Gasteiger partial charge is 0.324 e. The van der Waals surface area contributed by atoms with Gasteiger partial charge in [0.05, 0.1) is 17.7 Å². The summed E-state index contributed by atoms with van der Waals surface area (Å²) in [5.41, 5.74) is 2.38. The maximum Gasteiger partial charge on any atom is 0.324 e. The van der Waals surface area contributed by atoms with Crippen molar-refractivity contribution >= 4 is 40.6 Å². The van der Waals surface area contributed by atoms with E-state index in [9.17, 15) is 19.7 Å². The largest absolute Gasteiger partial charge is 0.495 e. The molecule has 1 saturated heterocycles. The molecule has 0 radical (unpaired) electrons. The molecular formula is C26H25ClN4O5. The van der Waals surface area contributed by atoms with Gasteiger partial charge in [-0.3, -0.25) is 19.8 Å². The summed E-state index contributed by atoms with van der Waals surface area (Å²) in [6, 6.07) is 16.5. The zero-order valence-electron chi connectivity index (χ0n) is 19.9. The fraction of sp³-hybridized carbons (Fsp3) is 0.231. The monoisotopic (exact) mass is 508 g/mol. The fourth-order valence-electron chi connectivity index (χ4n) is 4.14. The molecule has 36 heavy (non-hydrogen) atoms. The molecule has 0 atom stereocenters. The van der Waals surface area contributed by atoms with E-state index in [1.807, 2.05) is 18.2 Å². The van der Waals surface area contributed by atoms with Gasteiger partial charge in [-0.05, 0) is 55.3 Å². The van der Waals surface area contributed by atoms with Gasteiger partial charge in [-0.1, -0.05) is 29.8 Å². The lowest BCUT2D eigenvalue weighted by molar-refractivity contribution is -0.385. The highest BCUT2D eigenvalue weighted by Crippen LogP contribution is 2.34. The molecule has 10 heteroatoms. The van der Waals surface area contributed by atoms with Crippen molar-refractivity contribution in [3.8, 4) is 5.75 Å². The number of aryl methyl sites for hydroxylation is 1. The van der Waals surface area contributed by atoms with Gasteiger partial charge < -0.3 is 15.0 Å². The Morgan fingerprint density at radius 2 is 1.94 bits per heavy atom. The third kappa shape index (κ3) is 5.41. The topological polar surface area (TPSA) is 105 Å². The van der Waals surface area contributed by atoms with Crippen LogP contribution in [0.2, 0.25) is 5.02 Å². The number of nitrogens with zero attached hydrogens (tertiary/aromatic N) is 3. The van der Waals surface area contributed by atoms with Crippen molar-refractivity contribution < 1.29 is 19.2 Å². The number of carbonyl (C=O) groups is 2. The van der Waals surface area contributed by atoms with E-state index in [-0.39, 0.29) is 17.3 Å². The highest BCUT2D eigenvalue weighted by Gasteiger charge is 2.29. The van der Waals surface area contributed by atoms with Crippen LogP contribution >= 0.6 is 11.6 Å². The zero-order valence-corrected chi connectivity index (χ0v) is 20.6. The van der Waals surface area contributed by atoms with Crippen LogP contribution in [-0.2, 0) is 6.54 Å². The molecule has 0 unspecified atom stereocenters. The molecule has 1 aliphatic rings. The average molecular weight is 509 g/mol. The van der Waals surface area contributed by atoms with Gasteiger partial charge in [0.15, 0.2) is 0 Å². The maximum atomic E-state index is 13.4. The molecule has 0 aliphatic carbocycles. The number of ether oxygens (including phenoxy) is 1. The van der Waals surface area contributed by atoms with Gasteiger partial charge >= 0.3 is 6.03 Å². The highest BCUT2D eigenvalue weighted by atomic mass is 35.5. The average Bonchev–Trinajstić information content (AvgIpc) is 2.85. The number of carbonyl (C=O) groups excluding carboxylic acids is 2. The van der Waals surface area contributed by atoms with Crippen LogP contribution in [0.25, 0.3) is 0 Å². The lowest BCUT2D eigenvalue weighted by Gasteiger charge is -2.36. The predicted octanol–water partition coefficient (Wildman–Crippen LogP) is 5.65. The summed E-state index contributed by atoms with van der Waals surface area (Å²) in [4.78, 5) is 40.3. The summed E-state index contributed by atoms with van der Waals surface area (Å²) in [7, 11) is 1.51. The number of amides is 3. The van der Waals surface area contributed by atoms with Crippen LogP contribution < -0.4 is 15.0 Å². The van der Waals surface area contributed by atoms with Crippen molar-refractivity contribution in [2.45, 2.75) is 19.9 Å². The normalized spacial score (nSPS) is 13.5. The number of nitrogens with one attached hydrogen (secondary N) is 1. The summed E-state index contributed by atoms with van der Waals surface area (Å²) < 4.78 is 5.50. The SMILES string of the molecule is COc1ccc(NC(=O)c2ccc(C)c([N+](=O)[O-])c2)cc1N1CCCN(Cc2cccc(Cl)c2)C1=O. The van der Waals surface area contributed by atoms with Crippen LogP contribution in [0.1, 0.15) is 27.9 Å². The van der Waals surface area contributed by atoms with E-state index in [1.54, 1.807) is 41.0 Å². The number of benzene rings is 3. The number of hydrogen-bond acceptors (Lipinski definition) is 5. The standard InChI is InChI=1S/C26H25ClN4O5/c1-17-7-8-19(14-22(17)31(34)35)25(32)28-21-9-10-24(36-2)23(15-21)30-12-4-11-29(26(30)33)16-18-5-3-6-20(27)13-18/h3,5-10,13-15H,4,11-12,16H2,1-2H3,(H,28,32). The summed E-state index contributed by atoms with van der Waals surface area (Å²) in [5, 5.41) is 14.6. The molecule has 0 spiro atoms. The number of rotatable bonds is 7. The number of nitro groups is 1. The fourth-order valence-corrected chi connectivity index (χ4v) is 4.35. The van der Waals surface area contributed by atoms with E-state index in [2.05, 4.69) is 5.32 Å². The van der Waals surface area contributed by atoms with Crippen molar-refractivity contribution in [3.63, 3.8) is 0 Å². The van der Waals surface area contributed by atoms with Crippen molar-refractivity contribution in [2.75, 3.05) is 30.4 Å². The Morgan fingerprint density at radius 1 is 1.14 bits per heavy atom. The van der Waals surface area contributed by atoms with E-state index >= 15 is 0 Å². The first kappa shape index (κ1) is 25.0. The van der Waals surface area contributed by atoms with Gasteiger partial charge in [0.25, 0.3) is 11.6 Å². The Balaban J connectivity index is 1.57. The molecule has 3 aromatic carbocycles. The van der Waals surface area contributed by atoms with Crippen LogP contribution in [0.15, 0.2) is 60.7 Å². The van der Waals surface area contributed by atoms with Crippen molar-refractivity contribution in [2.24, 2.45) is 0 Å². The lowest BCUT2D eigenvalue weighted by Crippen LogP contribution is -2.49. The molecule has 3 aromatic rings. The number of anilines is 2. The molecule has 4 rings (SSSR count). The molecule has 186 valence electrons. The van der Waals surface area contributed by atoms with Gasteiger partial charge in [0.1, 0.15) is 5.75 Å². The molecule has 1 heterocycles. The Labute approximate surface area is 213 Å². The zero-order chi connectivity index (χ0) is 25.8. The van der Waals surface area contributed by atoms with E-state index in [0.717, 1.165) is 12.0 Å². The van der Waals surface area contributed by atoms with Gasteiger partial charge in [0, 0.05) is 47.5 Å². The lowest BCUT2D eigenvalue weighted by atomic mass is 10.1. The predicted molar refractivity (Wildman–Crippen MR) is 138 cm³/mol. The van der Waals surface area contributed by atoms with E-state index in [0.29, 0.717) is 47.3 Å². The molecule has 1 fully saturated rings. The van der Waals surface area contributed by atoms with Crippen molar-refractivity contribution in [3.05, 3.63) is 92.5 Å². The van der Waals surface area contributed by atoms with E-state index in [4.69, 9.17) is 16.3 Å². The number of nitro benzene ring substituents is 1. The third-order valence-corrected chi connectivity index (χ3v) is 6.20.